The molecule has 0 unspecified atom stereocenters. The highest BCUT2D eigenvalue weighted by atomic mass is 16.4. The van der Waals surface area contributed by atoms with Crippen molar-refractivity contribution in [2.75, 3.05) is 12.3 Å². The minimum absolute atomic E-state index is 0.0665. The van der Waals surface area contributed by atoms with Crippen molar-refractivity contribution in [2.45, 2.75) is 0 Å². The van der Waals surface area contributed by atoms with Gasteiger partial charge in [0.1, 0.15) is 5.82 Å². The predicted octanol–water partition coefficient (Wildman–Crippen LogP) is 0.368. The third-order valence-corrected chi connectivity index (χ3v) is 1.60. The largest absolute Gasteiger partial charge is 0.478 e. The van der Waals surface area contributed by atoms with Gasteiger partial charge in [0.15, 0.2) is 0 Å². The van der Waals surface area contributed by atoms with Crippen molar-refractivity contribution >= 4 is 17.9 Å². The van der Waals surface area contributed by atoms with Crippen LogP contribution in [-0.4, -0.2) is 27.8 Å². The van der Waals surface area contributed by atoms with Crippen molar-refractivity contribution in [2.24, 2.45) is 0 Å². The van der Waals surface area contributed by atoms with E-state index in [0.29, 0.717) is 5.56 Å². The number of carbonyl (C=O) groups is 1. The molecule has 0 saturated carbocycles. The zero-order valence-electron chi connectivity index (χ0n) is 7.34. The average Bonchev–Trinajstić information content (AvgIpc) is 2.16. The molecule has 14 heavy (non-hydrogen) atoms. The van der Waals surface area contributed by atoms with Crippen molar-refractivity contribution < 1.29 is 15.0 Å². The quantitative estimate of drug-likeness (QED) is 0.645. The van der Waals surface area contributed by atoms with Gasteiger partial charge >= 0.3 is 5.97 Å². The molecule has 0 aromatic carbocycles. The topological polar surface area (TPSA) is 96.4 Å². The monoisotopic (exact) mass is 194 g/mol. The third-order valence-electron chi connectivity index (χ3n) is 1.60. The zero-order valence-corrected chi connectivity index (χ0v) is 7.34. The first-order valence-corrected chi connectivity index (χ1v) is 3.91. The number of nitrogens with zero attached hydrogens (tertiary/aromatic N) is 1. The average molecular weight is 194 g/mol. The fourth-order valence-corrected chi connectivity index (χ4v) is 0.922. The fourth-order valence-electron chi connectivity index (χ4n) is 0.922. The van der Waals surface area contributed by atoms with Gasteiger partial charge in [-0.1, -0.05) is 12.2 Å². The number of nitrogens with two attached hydrogens (primary N) is 1. The van der Waals surface area contributed by atoms with Gasteiger partial charge in [0.2, 0.25) is 0 Å². The van der Waals surface area contributed by atoms with Crippen molar-refractivity contribution in [3.8, 4) is 0 Å². The van der Waals surface area contributed by atoms with Crippen molar-refractivity contribution in [3.05, 3.63) is 29.5 Å². The fraction of sp³-hybridized carbons (Fsp3) is 0.111. The number of aliphatic hydroxyl groups excluding tert-OH is 1. The van der Waals surface area contributed by atoms with Crippen LogP contribution in [0.1, 0.15) is 15.9 Å². The maximum Gasteiger partial charge on any atom is 0.337 e. The van der Waals surface area contributed by atoms with Crippen LogP contribution in [0.4, 0.5) is 5.82 Å². The molecule has 0 atom stereocenters. The second-order valence-electron chi connectivity index (χ2n) is 2.59. The molecule has 1 rings (SSSR count). The molecule has 0 aliphatic carbocycles. The number of carboxylic acids is 1. The van der Waals surface area contributed by atoms with Crippen LogP contribution in [0, 0.1) is 0 Å². The Bertz CT molecular complexity index is 374. The van der Waals surface area contributed by atoms with E-state index in [0.717, 1.165) is 0 Å². The summed E-state index contributed by atoms with van der Waals surface area (Å²) in [6.45, 7) is -0.128. The van der Waals surface area contributed by atoms with Gasteiger partial charge in [0, 0.05) is 11.8 Å². The molecule has 0 amide bonds. The first kappa shape index (κ1) is 10.2. The Morgan fingerprint density at radius 1 is 1.64 bits per heavy atom. The summed E-state index contributed by atoms with van der Waals surface area (Å²) in [5.74, 6) is -0.823. The van der Waals surface area contributed by atoms with Crippen LogP contribution >= 0.6 is 0 Å². The summed E-state index contributed by atoms with van der Waals surface area (Å²) in [5, 5.41) is 17.2. The van der Waals surface area contributed by atoms with Crippen LogP contribution < -0.4 is 5.73 Å². The molecule has 0 aliphatic heterocycles. The number of hydrogen-bond donors (Lipinski definition) is 3. The Kier molecular flexibility index (Phi) is 3.19. The van der Waals surface area contributed by atoms with Crippen LogP contribution in [0.15, 0.2) is 18.3 Å². The maximum absolute atomic E-state index is 10.6. The molecular formula is C9H10N2O3. The van der Waals surface area contributed by atoms with E-state index < -0.39 is 5.97 Å². The number of aromatic carboxylic acids is 1. The van der Waals surface area contributed by atoms with E-state index in [1.165, 1.54) is 24.4 Å². The molecule has 4 N–H and O–H groups in total. The van der Waals surface area contributed by atoms with E-state index in [4.69, 9.17) is 15.9 Å². The second-order valence-corrected chi connectivity index (χ2v) is 2.59. The van der Waals surface area contributed by atoms with E-state index in [2.05, 4.69) is 4.98 Å². The number of nitrogen functional groups attached to an aromatic ring is 1. The van der Waals surface area contributed by atoms with E-state index >= 15 is 0 Å². The Morgan fingerprint density at radius 2 is 2.36 bits per heavy atom. The smallest absolute Gasteiger partial charge is 0.337 e. The molecule has 0 spiro atoms. The summed E-state index contributed by atoms with van der Waals surface area (Å²) in [6.07, 6.45) is 4.17. The summed E-state index contributed by atoms with van der Waals surface area (Å²) >= 11 is 0. The van der Waals surface area contributed by atoms with Crippen LogP contribution in [0.25, 0.3) is 6.08 Å². The van der Waals surface area contributed by atoms with Gasteiger partial charge in [-0.05, 0) is 6.07 Å². The molecule has 0 aliphatic rings. The van der Waals surface area contributed by atoms with Crippen molar-refractivity contribution in [3.63, 3.8) is 0 Å². The Hall–Kier alpha value is -1.88. The summed E-state index contributed by atoms with van der Waals surface area (Å²) in [7, 11) is 0. The van der Waals surface area contributed by atoms with Crippen LogP contribution in [0.3, 0.4) is 0 Å². The Balaban J connectivity index is 3.08. The molecule has 0 fully saturated rings. The lowest BCUT2D eigenvalue weighted by atomic mass is 10.2. The van der Waals surface area contributed by atoms with Gasteiger partial charge in [-0.25, -0.2) is 9.78 Å². The number of hydrogen-bond acceptors (Lipinski definition) is 4. The minimum Gasteiger partial charge on any atom is -0.478 e. The molecule has 1 aromatic heterocycles. The highest BCUT2D eigenvalue weighted by Crippen LogP contribution is 2.12. The van der Waals surface area contributed by atoms with E-state index in [1.807, 2.05) is 0 Å². The number of anilines is 1. The maximum atomic E-state index is 10.6. The molecule has 74 valence electrons. The second kappa shape index (κ2) is 4.38. The van der Waals surface area contributed by atoms with Gasteiger partial charge in [0.25, 0.3) is 0 Å². The van der Waals surface area contributed by atoms with Gasteiger partial charge in [0.05, 0.1) is 12.2 Å². The van der Waals surface area contributed by atoms with Crippen LogP contribution in [0.5, 0.6) is 0 Å². The first-order chi connectivity index (χ1) is 6.65. The predicted molar refractivity (Wildman–Crippen MR) is 51.7 cm³/mol. The van der Waals surface area contributed by atoms with Crippen LogP contribution in [0.2, 0.25) is 0 Å². The van der Waals surface area contributed by atoms with Gasteiger partial charge in [-0.15, -0.1) is 0 Å². The number of pyridine rings is 1. The van der Waals surface area contributed by atoms with E-state index in [9.17, 15) is 4.79 Å². The van der Waals surface area contributed by atoms with E-state index in [1.54, 1.807) is 0 Å². The molecule has 0 radical (unpaired) electrons. The highest BCUT2D eigenvalue weighted by molar-refractivity contribution is 5.88. The SMILES string of the molecule is Nc1ncc(C(=O)O)cc1C=CCO. The van der Waals surface area contributed by atoms with Crippen molar-refractivity contribution in [1.82, 2.24) is 4.98 Å². The Labute approximate surface area is 80.5 Å². The lowest BCUT2D eigenvalue weighted by Crippen LogP contribution is -2.01. The molecule has 5 heteroatoms. The number of rotatable bonds is 3. The zero-order chi connectivity index (χ0) is 10.6. The minimum atomic E-state index is -1.06. The molecule has 5 nitrogen and oxygen atoms in total. The van der Waals surface area contributed by atoms with Crippen molar-refractivity contribution in [1.29, 1.82) is 0 Å². The first-order valence-electron chi connectivity index (χ1n) is 3.91. The molecule has 1 aromatic rings. The number of aromatic nitrogens is 1. The normalized spacial score (nSPS) is 10.6. The number of aliphatic hydroxyl groups is 1. The van der Waals surface area contributed by atoms with Gasteiger partial charge in [-0.2, -0.15) is 0 Å². The lowest BCUT2D eigenvalue weighted by Gasteiger charge is -2.00. The number of carboxylic acid groups (broad SMARTS) is 1. The van der Waals surface area contributed by atoms with Gasteiger partial charge < -0.3 is 15.9 Å². The lowest BCUT2D eigenvalue weighted by molar-refractivity contribution is 0.0696. The van der Waals surface area contributed by atoms with E-state index in [-0.39, 0.29) is 18.0 Å². The Morgan fingerprint density at radius 3 is 2.93 bits per heavy atom. The summed E-state index contributed by atoms with van der Waals surface area (Å²) in [6, 6.07) is 1.40. The summed E-state index contributed by atoms with van der Waals surface area (Å²) < 4.78 is 0. The summed E-state index contributed by atoms with van der Waals surface area (Å²) in [4.78, 5) is 14.3. The van der Waals surface area contributed by atoms with Crippen LogP contribution in [-0.2, 0) is 0 Å². The molecule has 0 bridgehead atoms. The highest BCUT2D eigenvalue weighted by Gasteiger charge is 2.05. The summed E-state index contributed by atoms with van der Waals surface area (Å²) in [5.41, 5.74) is 6.05. The molecule has 0 saturated heterocycles. The molecule has 1 heterocycles. The third kappa shape index (κ3) is 2.30. The molecular weight excluding hydrogens is 184 g/mol. The van der Waals surface area contributed by atoms with Gasteiger partial charge in [-0.3, -0.25) is 0 Å². The standard InChI is InChI=1S/C9H10N2O3/c10-8-6(2-1-3-12)4-7(5-11-8)9(13)14/h1-2,4-5,12H,3H2,(H2,10,11)(H,13,14).